The predicted octanol–water partition coefficient (Wildman–Crippen LogP) is 3.93. The first-order valence-electron chi connectivity index (χ1n) is 9.47. The van der Waals surface area contributed by atoms with Gasteiger partial charge in [-0.2, -0.15) is 0 Å². The van der Waals surface area contributed by atoms with Gasteiger partial charge in [0, 0.05) is 6.54 Å². The first kappa shape index (κ1) is 20.9. The molecule has 3 aromatic carbocycles. The van der Waals surface area contributed by atoms with Crippen LogP contribution in [0.2, 0.25) is 0 Å². The van der Waals surface area contributed by atoms with Crippen molar-refractivity contribution in [2.75, 3.05) is 7.11 Å². The van der Waals surface area contributed by atoms with Gasteiger partial charge in [-0.1, -0.05) is 36.4 Å². The summed E-state index contributed by atoms with van der Waals surface area (Å²) in [5.74, 6) is -0.0127. The van der Waals surface area contributed by atoms with Crippen molar-refractivity contribution < 1.29 is 24.2 Å². The molecule has 1 atom stereocenters. The topological polar surface area (TPSA) is 84.9 Å². The molecule has 0 saturated carbocycles. The van der Waals surface area contributed by atoms with Crippen LogP contribution >= 0.6 is 0 Å². The van der Waals surface area contributed by atoms with Crippen LogP contribution in [-0.4, -0.2) is 30.2 Å². The van der Waals surface area contributed by atoms with Crippen molar-refractivity contribution >= 4 is 11.9 Å². The summed E-state index contributed by atoms with van der Waals surface area (Å²) in [6.45, 7) is 1.86. The Morgan fingerprint density at radius 3 is 2.03 bits per heavy atom. The second-order valence-electron chi connectivity index (χ2n) is 6.74. The molecule has 154 valence electrons. The number of amides is 1. The summed E-state index contributed by atoms with van der Waals surface area (Å²) < 4.78 is 10.4. The Morgan fingerprint density at radius 1 is 0.900 bits per heavy atom. The second kappa shape index (κ2) is 9.60. The lowest BCUT2D eigenvalue weighted by atomic mass is 10.0. The van der Waals surface area contributed by atoms with Gasteiger partial charge < -0.3 is 19.9 Å². The number of hydrogen-bond donors (Lipinski definition) is 2. The Morgan fingerprint density at radius 2 is 1.47 bits per heavy atom. The van der Waals surface area contributed by atoms with Gasteiger partial charge in [-0.25, -0.2) is 4.79 Å². The number of benzene rings is 3. The fraction of sp³-hybridized carbons (Fsp3) is 0.167. The first-order chi connectivity index (χ1) is 14.5. The summed E-state index contributed by atoms with van der Waals surface area (Å²) in [5, 5.41) is 12.1. The molecule has 0 spiro atoms. The van der Waals surface area contributed by atoms with E-state index in [1.54, 1.807) is 55.6 Å². The zero-order valence-corrected chi connectivity index (χ0v) is 16.8. The molecule has 3 aromatic rings. The molecule has 2 N–H and O–H groups in total. The maximum atomic E-state index is 12.3. The Labute approximate surface area is 175 Å². The van der Waals surface area contributed by atoms with E-state index in [0.29, 0.717) is 12.1 Å². The third-order valence-corrected chi connectivity index (χ3v) is 4.60. The lowest BCUT2D eigenvalue weighted by Crippen LogP contribution is -2.35. The average Bonchev–Trinajstić information content (AvgIpc) is 2.78. The maximum Gasteiger partial charge on any atom is 0.338 e. The zero-order valence-electron chi connectivity index (χ0n) is 16.8. The molecule has 6 heteroatoms. The molecule has 3 rings (SSSR count). The number of nitrogens with one attached hydrogen (secondary N) is 1. The molecule has 30 heavy (non-hydrogen) atoms. The highest BCUT2D eigenvalue weighted by Gasteiger charge is 2.18. The van der Waals surface area contributed by atoms with Gasteiger partial charge in [0.2, 0.25) is 0 Å². The fourth-order valence-electron chi connectivity index (χ4n) is 2.81. The molecule has 0 saturated heterocycles. The molecule has 6 nitrogen and oxygen atoms in total. The van der Waals surface area contributed by atoms with Crippen molar-refractivity contribution in [1.82, 2.24) is 5.32 Å². The van der Waals surface area contributed by atoms with Gasteiger partial charge in [-0.15, -0.1) is 0 Å². The number of ether oxygens (including phenoxy) is 2. The molecule has 0 bridgehead atoms. The highest BCUT2D eigenvalue weighted by atomic mass is 16.5. The summed E-state index contributed by atoms with van der Waals surface area (Å²) in [5.41, 5.74) is 3.08. The highest BCUT2D eigenvalue weighted by Crippen LogP contribution is 2.22. The van der Waals surface area contributed by atoms with Gasteiger partial charge in [0.05, 0.1) is 12.7 Å². The van der Waals surface area contributed by atoms with Gasteiger partial charge in [-0.3, -0.25) is 4.79 Å². The van der Waals surface area contributed by atoms with E-state index in [0.717, 1.165) is 22.4 Å². The minimum absolute atomic E-state index is 0.193. The maximum absolute atomic E-state index is 12.3. The van der Waals surface area contributed by atoms with E-state index >= 15 is 0 Å². The molecular weight excluding hydrogens is 382 g/mol. The van der Waals surface area contributed by atoms with Gasteiger partial charge in [-0.05, 0) is 60.0 Å². The largest absolute Gasteiger partial charge is 0.508 e. The number of esters is 1. The van der Waals surface area contributed by atoms with Crippen LogP contribution in [0.4, 0.5) is 0 Å². The van der Waals surface area contributed by atoms with Crippen LogP contribution in [-0.2, 0) is 16.1 Å². The van der Waals surface area contributed by atoms with Gasteiger partial charge in [0.25, 0.3) is 5.91 Å². The number of carbonyl (C=O) groups is 2. The quantitative estimate of drug-likeness (QED) is 0.582. The molecule has 0 aliphatic rings. The predicted molar refractivity (Wildman–Crippen MR) is 113 cm³/mol. The van der Waals surface area contributed by atoms with Crippen molar-refractivity contribution in [2.24, 2.45) is 0 Å². The summed E-state index contributed by atoms with van der Waals surface area (Å²) in [6.07, 6.45) is -0.924. The van der Waals surface area contributed by atoms with E-state index in [4.69, 9.17) is 9.47 Å². The molecule has 1 amide bonds. The number of rotatable bonds is 7. The summed E-state index contributed by atoms with van der Waals surface area (Å²) in [7, 11) is 1.59. The Kier molecular flexibility index (Phi) is 6.70. The summed E-state index contributed by atoms with van der Waals surface area (Å²) >= 11 is 0. The van der Waals surface area contributed by atoms with E-state index in [9.17, 15) is 14.7 Å². The molecule has 0 aromatic heterocycles. The summed E-state index contributed by atoms with van der Waals surface area (Å²) in [4.78, 5) is 24.6. The molecule has 0 aliphatic carbocycles. The van der Waals surface area contributed by atoms with Crippen molar-refractivity contribution in [3.05, 3.63) is 83.9 Å². The molecule has 0 heterocycles. The minimum atomic E-state index is -0.924. The smallest absolute Gasteiger partial charge is 0.338 e. The SMILES string of the molecule is COc1ccc(CNC(=O)[C@@H](C)OC(=O)c2ccc(-c3ccc(O)cc3)cc2)cc1. The van der Waals surface area contributed by atoms with E-state index in [1.807, 2.05) is 24.3 Å². The van der Waals surface area contributed by atoms with Crippen LogP contribution in [0.25, 0.3) is 11.1 Å². The van der Waals surface area contributed by atoms with Crippen LogP contribution < -0.4 is 10.1 Å². The van der Waals surface area contributed by atoms with Gasteiger partial charge in [0.15, 0.2) is 6.10 Å². The summed E-state index contributed by atoms with van der Waals surface area (Å²) in [6, 6.07) is 21.0. The van der Waals surface area contributed by atoms with Crippen molar-refractivity contribution in [3.8, 4) is 22.6 Å². The third-order valence-electron chi connectivity index (χ3n) is 4.60. The van der Waals surface area contributed by atoms with Crippen molar-refractivity contribution in [3.63, 3.8) is 0 Å². The van der Waals surface area contributed by atoms with E-state index in [1.165, 1.54) is 6.92 Å². The van der Waals surface area contributed by atoms with Gasteiger partial charge >= 0.3 is 5.97 Å². The number of phenols is 1. The molecule has 0 aliphatic heterocycles. The molecule has 0 unspecified atom stereocenters. The van der Waals surface area contributed by atoms with E-state index < -0.39 is 12.1 Å². The zero-order chi connectivity index (χ0) is 21.5. The average molecular weight is 405 g/mol. The van der Waals surface area contributed by atoms with Crippen LogP contribution in [0.5, 0.6) is 11.5 Å². The number of phenolic OH excluding ortho intramolecular Hbond substituents is 1. The van der Waals surface area contributed by atoms with Gasteiger partial charge in [0.1, 0.15) is 11.5 Å². The monoisotopic (exact) mass is 405 g/mol. The number of aromatic hydroxyl groups is 1. The highest BCUT2D eigenvalue weighted by molar-refractivity contribution is 5.92. The molecule has 0 radical (unpaired) electrons. The van der Waals surface area contributed by atoms with Crippen LogP contribution in [0.15, 0.2) is 72.8 Å². The van der Waals surface area contributed by atoms with Crippen LogP contribution in [0.3, 0.4) is 0 Å². The lowest BCUT2D eigenvalue weighted by Gasteiger charge is -2.14. The minimum Gasteiger partial charge on any atom is -0.508 e. The number of methoxy groups -OCH3 is 1. The third kappa shape index (κ3) is 5.38. The number of carbonyl (C=O) groups excluding carboxylic acids is 2. The Bertz CT molecular complexity index is 995. The fourth-order valence-corrected chi connectivity index (χ4v) is 2.81. The van der Waals surface area contributed by atoms with Crippen LogP contribution in [0.1, 0.15) is 22.8 Å². The lowest BCUT2D eigenvalue weighted by molar-refractivity contribution is -0.129. The van der Waals surface area contributed by atoms with Crippen molar-refractivity contribution in [1.29, 1.82) is 0 Å². The molecular formula is C24H23NO5. The molecule has 0 fully saturated rings. The van der Waals surface area contributed by atoms with E-state index in [-0.39, 0.29) is 11.7 Å². The Hall–Kier alpha value is -3.80. The van der Waals surface area contributed by atoms with Crippen molar-refractivity contribution in [2.45, 2.75) is 19.6 Å². The Balaban J connectivity index is 1.53. The van der Waals surface area contributed by atoms with E-state index in [2.05, 4.69) is 5.32 Å². The van der Waals surface area contributed by atoms with Crippen LogP contribution in [0, 0.1) is 0 Å². The normalized spacial score (nSPS) is 11.4. The second-order valence-corrected chi connectivity index (χ2v) is 6.74. The first-order valence-corrected chi connectivity index (χ1v) is 9.47. The number of hydrogen-bond acceptors (Lipinski definition) is 5. The standard InChI is InChI=1S/C24H23NO5/c1-16(23(27)25-15-17-3-13-22(29-2)14-4-17)30-24(28)20-7-5-18(6-8-20)19-9-11-21(26)12-10-19/h3-14,16,26H,15H2,1-2H3,(H,25,27)/t16-/m1/s1.